The molecule has 4 rings (SSSR count). The summed E-state index contributed by atoms with van der Waals surface area (Å²) in [5, 5.41) is 0. The van der Waals surface area contributed by atoms with Gasteiger partial charge in [-0.25, -0.2) is 0 Å². The molecule has 1 aliphatic rings. The van der Waals surface area contributed by atoms with Crippen LogP contribution in [0.5, 0.6) is 0 Å². The molecule has 0 N–H and O–H groups in total. The monoisotopic (exact) mass is 408 g/mol. The number of rotatable bonds is 4. The molecule has 0 radical (unpaired) electrons. The topological polar surface area (TPSA) is 12.2 Å². The van der Waals surface area contributed by atoms with Crippen LogP contribution in [-0.4, -0.2) is 32.5 Å². The van der Waals surface area contributed by atoms with Gasteiger partial charge >= 0.3 is 161 Å². The molecule has 1 heterocycles. The van der Waals surface area contributed by atoms with Crippen LogP contribution in [0.25, 0.3) is 0 Å². The van der Waals surface area contributed by atoms with E-state index in [9.17, 15) is 0 Å². The molecule has 26 heavy (non-hydrogen) atoms. The summed E-state index contributed by atoms with van der Waals surface area (Å²) in [5.74, 6) is 0. The first kappa shape index (κ1) is 17.1. The number of benzene rings is 3. The Morgan fingerprint density at radius 1 is 0.885 bits per heavy atom. The van der Waals surface area contributed by atoms with Crippen LogP contribution in [0.2, 0.25) is 4.82 Å². The van der Waals surface area contributed by atoms with Crippen LogP contribution in [0.4, 0.5) is 0 Å². The van der Waals surface area contributed by atoms with Gasteiger partial charge in [0.15, 0.2) is 0 Å². The molecule has 0 saturated carbocycles. The average molecular weight is 407 g/mol. The Kier molecular flexibility index (Phi) is 5.19. The van der Waals surface area contributed by atoms with Gasteiger partial charge < -0.3 is 0 Å². The summed E-state index contributed by atoms with van der Waals surface area (Å²) in [7, 11) is 0. The molecule has 2 atom stereocenters. The zero-order valence-electron chi connectivity index (χ0n) is 14.8. The molecule has 3 aromatic carbocycles. The van der Waals surface area contributed by atoms with Crippen molar-refractivity contribution >= 4 is 25.6 Å². The van der Waals surface area contributed by atoms with E-state index in [1.807, 2.05) is 0 Å². The molecule has 1 saturated heterocycles. The van der Waals surface area contributed by atoms with Crippen molar-refractivity contribution in [3.8, 4) is 0 Å². The van der Waals surface area contributed by atoms with E-state index in [2.05, 4.69) is 103 Å². The minimum absolute atomic E-state index is 0.248. The van der Waals surface area contributed by atoms with E-state index in [1.54, 1.807) is 0 Å². The van der Waals surface area contributed by atoms with Gasteiger partial charge in [0.1, 0.15) is 0 Å². The Balaban J connectivity index is 1.66. The zero-order chi connectivity index (χ0) is 17.8. The van der Waals surface area contributed by atoms with E-state index in [0.717, 1.165) is 6.61 Å². The molecular weight excluding hydrogens is 385 g/mol. The molecular formula is C23H22NOSe+. The van der Waals surface area contributed by atoms with Crippen molar-refractivity contribution in [2.24, 2.45) is 0 Å². The van der Waals surface area contributed by atoms with Crippen LogP contribution in [0.15, 0.2) is 84.9 Å². The number of hydroxylamine groups is 1. The summed E-state index contributed by atoms with van der Waals surface area (Å²) < 4.78 is 3.49. The predicted octanol–water partition coefficient (Wildman–Crippen LogP) is 3.93. The van der Waals surface area contributed by atoms with Gasteiger partial charge in [0.05, 0.1) is 0 Å². The van der Waals surface area contributed by atoms with Crippen molar-refractivity contribution < 1.29 is 9.58 Å². The summed E-state index contributed by atoms with van der Waals surface area (Å²) in [6.07, 6.45) is 2.14. The van der Waals surface area contributed by atoms with Crippen LogP contribution in [-0.2, 0) is 4.84 Å². The Labute approximate surface area is 161 Å². The van der Waals surface area contributed by atoms with Gasteiger partial charge in [0, 0.05) is 0 Å². The SMILES string of the molecule is Cc1ccc(/C=[N+]2\OC[C@@H]([Se]c3ccccc3)[C@@H]2c2ccccc2)cc1. The van der Waals surface area contributed by atoms with Crippen LogP contribution in [0.1, 0.15) is 22.7 Å². The molecule has 0 aromatic heterocycles. The van der Waals surface area contributed by atoms with Gasteiger partial charge in [-0.05, 0) is 0 Å². The number of nitrogens with zero attached hydrogens (tertiary/aromatic N) is 1. The van der Waals surface area contributed by atoms with Crippen molar-refractivity contribution in [2.45, 2.75) is 17.8 Å². The van der Waals surface area contributed by atoms with E-state index < -0.39 is 0 Å². The molecule has 0 aliphatic carbocycles. The molecule has 1 aliphatic heterocycles. The first-order chi connectivity index (χ1) is 12.8. The van der Waals surface area contributed by atoms with Crippen molar-refractivity contribution in [2.75, 3.05) is 6.61 Å². The molecule has 2 nitrogen and oxygen atoms in total. The van der Waals surface area contributed by atoms with Crippen molar-refractivity contribution in [3.05, 3.63) is 102 Å². The Hall–Kier alpha value is -2.35. The summed E-state index contributed by atoms with van der Waals surface area (Å²) in [6.45, 7) is 2.87. The van der Waals surface area contributed by atoms with Gasteiger partial charge in [-0.3, -0.25) is 0 Å². The van der Waals surface area contributed by atoms with Crippen molar-refractivity contribution in [1.29, 1.82) is 0 Å². The Bertz CT molecular complexity index is 875. The van der Waals surface area contributed by atoms with Crippen LogP contribution < -0.4 is 4.46 Å². The minimum atomic E-state index is 0.248. The van der Waals surface area contributed by atoms with Gasteiger partial charge in [0.25, 0.3) is 0 Å². The maximum absolute atomic E-state index is 6.13. The number of hydrogen-bond donors (Lipinski definition) is 0. The van der Waals surface area contributed by atoms with Crippen molar-refractivity contribution in [3.63, 3.8) is 0 Å². The first-order valence-electron chi connectivity index (χ1n) is 8.89. The standard InChI is InChI=1S/C23H22NOSe/c1-18-12-14-19(15-13-18)16-24-23(20-8-4-2-5-9-20)22(17-25-24)26-21-10-6-3-7-11-21/h2-16,22-23H,17H2,1H3/q+1/b24-16-/t22-,23+/m1/s1. The predicted molar refractivity (Wildman–Crippen MR) is 107 cm³/mol. The molecule has 0 spiro atoms. The quantitative estimate of drug-likeness (QED) is 0.472. The Morgan fingerprint density at radius 3 is 2.23 bits per heavy atom. The fourth-order valence-corrected chi connectivity index (χ4v) is 5.71. The molecule has 0 bridgehead atoms. The van der Waals surface area contributed by atoms with E-state index >= 15 is 0 Å². The van der Waals surface area contributed by atoms with E-state index in [-0.39, 0.29) is 6.04 Å². The maximum atomic E-state index is 6.13. The van der Waals surface area contributed by atoms with Gasteiger partial charge in [-0.1, -0.05) is 0 Å². The first-order valence-corrected chi connectivity index (χ1v) is 10.7. The second kappa shape index (κ2) is 7.90. The summed E-state index contributed by atoms with van der Waals surface area (Å²) in [5.41, 5.74) is 3.76. The van der Waals surface area contributed by atoms with Crippen LogP contribution >= 0.6 is 0 Å². The van der Waals surface area contributed by atoms with Crippen molar-refractivity contribution in [1.82, 2.24) is 0 Å². The third-order valence-corrected chi connectivity index (χ3v) is 7.14. The summed E-state index contributed by atoms with van der Waals surface area (Å²) >= 11 is 0.359. The van der Waals surface area contributed by atoms with Gasteiger partial charge in [0.2, 0.25) is 0 Å². The zero-order valence-corrected chi connectivity index (χ0v) is 16.5. The Morgan fingerprint density at radius 2 is 1.54 bits per heavy atom. The summed E-state index contributed by atoms with van der Waals surface area (Å²) in [4.78, 5) is 6.61. The molecule has 0 amide bonds. The van der Waals surface area contributed by atoms with Crippen LogP contribution in [0, 0.1) is 6.92 Å². The van der Waals surface area contributed by atoms with Crippen LogP contribution in [0.3, 0.4) is 0 Å². The normalized spacial score (nSPS) is 20.9. The van der Waals surface area contributed by atoms with Gasteiger partial charge in [-0.2, -0.15) is 0 Å². The molecule has 3 aromatic rings. The third kappa shape index (κ3) is 3.90. The third-order valence-electron chi connectivity index (χ3n) is 4.54. The molecule has 130 valence electrons. The molecule has 1 fully saturated rings. The fourth-order valence-electron chi connectivity index (χ4n) is 3.20. The fraction of sp³-hybridized carbons (Fsp3) is 0.174. The average Bonchev–Trinajstić information content (AvgIpc) is 3.07. The van der Waals surface area contributed by atoms with E-state index in [1.165, 1.54) is 21.2 Å². The second-order valence-corrected chi connectivity index (χ2v) is 9.27. The number of aryl methyl sites for hydroxylation is 1. The molecule has 3 heteroatoms. The van der Waals surface area contributed by atoms with Gasteiger partial charge in [-0.15, -0.1) is 0 Å². The summed E-state index contributed by atoms with van der Waals surface area (Å²) in [6, 6.07) is 30.4. The second-order valence-electron chi connectivity index (χ2n) is 6.52. The number of hydrogen-bond acceptors (Lipinski definition) is 1. The van der Waals surface area contributed by atoms with E-state index in [0.29, 0.717) is 19.8 Å². The van der Waals surface area contributed by atoms with E-state index in [4.69, 9.17) is 4.84 Å². The molecule has 0 unspecified atom stereocenters.